The maximum atomic E-state index is 12.0. The molecule has 0 aliphatic rings. The van der Waals surface area contributed by atoms with Gasteiger partial charge in [0, 0.05) is 19.8 Å². The maximum Gasteiger partial charge on any atom is 0.268 e. The van der Waals surface area contributed by atoms with E-state index < -0.39 is 21.5 Å². The lowest BCUT2D eigenvalue weighted by atomic mass is 9.97. The molecular formula is C12H21N3O4S. The van der Waals surface area contributed by atoms with Crippen LogP contribution in [0.15, 0.2) is 17.2 Å². The molecule has 0 saturated carbocycles. The zero-order valence-corrected chi connectivity index (χ0v) is 12.7. The number of nitrogens with two attached hydrogens (primary N) is 1. The summed E-state index contributed by atoms with van der Waals surface area (Å²) >= 11 is 0. The van der Waals surface area contributed by atoms with E-state index >= 15 is 0 Å². The number of carbonyl (C=O) groups excluding carboxylic acids is 1. The second-order valence-electron chi connectivity index (χ2n) is 4.83. The minimum absolute atomic E-state index is 0.106. The molecule has 8 heteroatoms. The number of rotatable bonds is 6. The van der Waals surface area contributed by atoms with Crippen LogP contribution in [0.2, 0.25) is 0 Å². The van der Waals surface area contributed by atoms with Gasteiger partial charge in [-0.05, 0) is 18.9 Å². The van der Waals surface area contributed by atoms with Gasteiger partial charge in [-0.3, -0.25) is 4.79 Å². The normalized spacial score (nSPS) is 12.4. The Morgan fingerprint density at radius 1 is 1.45 bits per heavy atom. The molecule has 0 radical (unpaired) electrons. The number of aryl methyl sites for hydroxylation is 1. The third-order valence-corrected chi connectivity index (χ3v) is 4.32. The molecule has 0 atom stereocenters. The molecule has 0 unspecified atom stereocenters. The first-order valence-electron chi connectivity index (χ1n) is 6.32. The highest BCUT2D eigenvalue weighted by Gasteiger charge is 2.24. The Bertz CT molecular complexity index is 588. The second kappa shape index (κ2) is 5.94. The van der Waals surface area contributed by atoms with Gasteiger partial charge in [0.2, 0.25) is 10.0 Å². The molecule has 1 rings (SSSR count). The van der Waals surface area contributed by atoms with Crippen LogP contribution in [-0.2, 0) is 17.1 Å². The summed E-state index contributed by atoms with van der Waals surface area (Å²) in [7, 11) is -2.29. The predicted octanol–water partition coefficient (Wildman–Crippen LogP) is -0.0466. The van der Waals surface area contributed by atoms with E-state index in [1.807, 2.05) is 13.8 Å². The van der Waals surface area contributed by atoms with Crippen LogP contribution in [-0.4, -0.2) is 36.1 Å². The molecule has 0 saturated heterocycles. The maximum absolute atomic E-state index is 12.0. The summed E-state index contributed by atoms with van der Waals surface area (Å²) in [5.74, 6) is -0.456. The van der Waals surface area contributed by atoms with Crippen molar-refractivity contribution >= 4 is 15.9 Å². The molecule has 0 spiro atoms. The van der Waals surface area contributed by atoms with Crippen LogP contribution in [0.1, 0.15) is 37.2 Å². The molecule has 7 nitrogen and oxygen atoms in total. The Morgan fingerprint density at radius 3 is 2.40 bits per heavy atom. The van der Waals surface area contributed by atoms with Gasteiger partial charge < -0.3 is 15.0 Å². The van der Waals surface area contributed by atoms with Gasteiger partial charge in [-0.2, -0.15) is 0 Å². The van der Waals surface area contributed by atoms with Crippen LogP contribution in [0.3, 0.4) is 0 Å². The van der Waals surface area contributed by atoms with Gasteiger partial charge in [-0.15, -0.1) is 0 Å². The van der Waals surface area contributed by atoms with Crippen molar-refractivity contribution in [3.8, 4) is 0 Å². The van der Waals surface area contributed by atoms with Crippen LogP contribution in [0.25, 0.3) is 0 Å². The fraction of sp³-hybridized carbons (Fsp3) is 0.583. The van der Waals surface area contributed by atoms with E-state index in [4.69, 9.17) is 5.14 Å². The summed E-state index contributed by atoms with van der Waals surface area (Å²) in [4.78, 5) is 11.9. The van der Waals surface area contributed by atoms with Gasteiger partial charge in [-0.1, -0.05) is 13.8 Å². The second-order valence-corrected chi connectivity index (χ2v) is 6.39. The van der Waals surface area contributed by atoms with Gasteiger partial charge in [-0.25, -0.2) is 13.6 Å². The summed E-state index contributed by atoms with van der Waals surface area (Å²) in [5.41, 5.74) is -0.785. The Morgan fingerprint density at radius 2 is 2.00 bits per heavy atom. The third-order valence-electron chi connectivity index (χ3n) is 3.44. The Hall–Kier alpha value is -1.38. The zero-order chi connectivity index (χ0) is 15.6. The van der Waals surface area contributed by atoms with E-state index in [1.165, 1.54) is 16.8 Å². The fourth-order valence-electron chi connectivity index (χ4n) is 1.75. The van der Waals surface area contributed by atoms with Gasteiger partial charge >= 0.3 is 0 Å². The quantitative estimate of drug-likeness (QED) is 0.683. The van der Waals surface area contributed by atoms with E-state index in [0.29, 0.717) is 12.8 Å². The van der Waals surface area contributed by atoms with Crippen LogP contribution in [0.4, 0.5) is 0 Å². The highest BCUT2D eigenvalue weighted by molar-refractivity contribution is 7.89. The Kier molecular flexibility index (Phi) is 4.95. The summed E-state index contributed by atoms with van der Waals surface area (Å²) in [6.45, 7) is 3.77. The highest BCUT2D eigenvalue weighted by Crippen LogP contribution is 2.15. The Labute approximate surface area is 118 Å². The van der Waals surface area contributed by atoms with Crippen molar-refractivity contribution in [1.29, 1.82) is 0 Å². The molecule has 20 heavy (non-hydrogen) atoms. The average Bonchev–Trinajstić information content (AvgIpc) is 2.77. The van der Waals surface area contributed by atoms with Crippen LogP contribution in [0, 0.1) is 0 Å². The molecule has 4 N–H and O–H groups in total. The zero-order valence-electron chi connectivity index (χ0n) is 11.9. The minimum Gasteiger partial charge on any atom is -0.388 e. The summed E-state index contributed by atoms with van der Waals surface area (Å²) in [6, 6.07) is 1.21. The number of nitrogens with one attached hydrogen (secondary N) is 1. The van der Waals surface area contributed by atoms with Crippen molar-refractivity contribution in [3.05, 3.63) is 18.0 Å². The average molecular weight is 303 g/mol. The first kappa shape index (κ1) is 16.7. The number of primary sulfonamides is 1. The van der Waals surface area contributed by atoms with E-state index in [9.17, 15) is 18.3 Å². The number of hydrogen-bond donors (Lipinski definition) is 3. The van der Waals surface area contributed by atoms with Crippen LogP contribution >= 0.6 is 0 Å². The lowest BCUT2D eigenvalue weighted by molar-refractivity contribution is 0.0312. The number of nitrogens with zero attached hydrogens (tertiary/aromatic N) is 1. The number of hydrogen-bond acceptors (Lipinski definition) is 4. The first-order chi connectivity index (χ1) is 9.13. The fourth-order valence-corrected chi connectivity index (χ4v) is 2.33. The predicted molar refractivity (Wildman–Crippen MR) is 74.7 cm³/mol. The van der Waals surface area contributed by atoms with Gasteiger partial charge in [0.15, 0.2) is 0 Å². The van der Waals surface area contributed by atoms with E-state index in [0.717, 1.165) is 0 Å². The highest BCUT2D eigenvalue weighted by atomic mass is 32.2. The Balaban J connectivity index is 2.87. The van der Waals surface area contributed by atoms with Crippen molar-refractivity contribution in [2.75, 3.05) is 6.54 Å². The van der Waals surface area contributed by atoms with E-state index in [1.54, 1.807) is 7.05 Å². The van der Waals surface area contributed by atoms with Gasteiger partial charge in [0.05, 0.1) is 5.60 Å². The van der Waals surface area contributed by atoms with Crippen molar-refractivity contribution in [2.24, 2.45) is 12.2 Å². The van der Waals surface area contributed by atoms with E-state index in [-0.39, 0.29) is 17.1 Å². The molecule has 0 aromatic carbocycles. The summed E-state index contributed by atoms with van der Waals surface area (Å²) in [6.07, 6.45) is 2.30. The number of aromatic nitrogens is 1. The lowest BCUT2D eigenvalue weighted by Crippen LogP contribution is -2.42. The summed E-state index contributed by atoms with van der Waals surface area (Å²) < 4.78 is 23.8. The van der Waals surface area contributed by atoms with Gasteiger partial charge in [0.25, 0.3) is 5.91 Å². The summed E-state index contributed by atoms with van der Waals surface area (Å²) in [5, 5.41) is 17.7. The number of amides is 1. The molecule has 1 amide bonds. The van der Waals surface area contributed by atoms with Gasteiger partial charge in [0.1, 0.15) is 10.6 Å². The first-order valence-corrected chi connectivity index (χ1v) is 7.87. The molecule has 1 heterocycles. The van der Waals surface area contributed by atoms with Crippen LogP contribution in [0.5, 0.6) is 0 Å². The molecule has 1 aromatic heterocycles. The molecule has 0 aliphatic carbocycles. The topological polar surface area (TPSA) is 114 Å². The van der Waals surface area contributed by atoms with Crippen molar-refractivity contribution in [1.82, 2.24) is 9.88 Å². The third kappa shape index (κ3) is 3.81. The lowest BCUT2D eigenvalue weighted by Gasteiger charge is -2.25. The molecule has 0 fully saturated rings. The minimum atomic E-state index is -3.84. The standard InChI is InChI=1S/C12H21N3O4S/c1-4-12(17,5-2)8-14-11(16)10-6-9(7-15(10)3)20(13,18)19/h6-7,17H,4-5,8H2,1-3H3,(H,14,16)(H2,13,18,19). The van der Waals surface area contributed by atoms with E-state index in [2.05, 4.69) is 5.32 Å². The monoisotopic (exact) mass is 303 g/mol. The number of aliphatic hydroxyl groups is 1. The van der Waals surface area contributed by atoms with Crippen LogP contribution < -0.4 is 10.5 Å². The molecule has 0 bridgehead atoms. The van der Waals surface area contributed by atoms with Crippen molar-refractivity contribution < 1.29 is 18.3 Å². The smallest absolute Gasteiger partial charge is 0.268 e. The van der Waals surface area contributed by atoms with Crippen molar-refractivity contribution in [2.45, 2.75) is 37.2 Å². The molecular weight excluding hydrogens is 282 g/mol. The largest absolute Gasteiger partial charge is 0.388 e. The molecule has 114 valence electrons. The molecule has 0 aliphatic heterocycles. The number of carbonyl (C=O) groups is 1. The van der Waals surface area contributed by atoms with Crippen molar-refractivity contribution in [3.63, 3.8) is 0 Å². The SMILES string of the molecule is CCC(O)(CC)CNC(=O)c1cc(S(N)(=O)=O)cn1C. The number of sulfonamides is 1. The molecule has 1 aromatic rings.